The molecule has 21 heavy (non-hydrogen) atoms. The Morgan fingerprint density at radius 3 is 2.71 bits per heavy atom. The topological polar surface area (TPSA) is 55.1 Å². The Morgan fingerprint density at radius 1 is 1.48 bits per heavy atom. The predicted octanol–water partition coefficient (Wildman–Crippen LogP) is 3.54. The highest BCUT2D eigenvalue weighted by Crippen LogP contribution is 2.27. The number of nitrogens with zero attached hydrogens (tertiary/aromatic N) is 2. The molecule has 1 aromatic carbocycles. The van der Waals surface area contributed by atoms with Gasteiger partial charge in [0, 0.05) is 5.69 Å². The van der Waals surface area contributed by atoms with Gasteiger partial charge in [0.2, 0.25) is 0 Å². The fourth-order valence-corrected chi connectivity index (χ4v) is 2.52. The fraction of sp³-hybridized carbons (Fsp3) is 0.333. The van der Waals surface area contributed by atoms with Gasteiger partial charge in [-0.1, -0.05) is 24.6 Å². The van der Waals surface area contributed by atoms with Crippen molar-refractivity contribution in [2.45, 2.75) is 27.2 Å². The van der Waals surface area contributed by atoms with E-state index in [0.29, 0.717) is 17.8 Å². The Bertz CT molecular complexity index is 677. The Labute approximate surface area is 127 Å². The predicted molar refractivity (Wildman–Crippen MR) is 78.5 cm³/mol. The molecule has 0 aliphatic carbocycles. The number of rotatable bonds is 4. The van der Waals surface area contributed by atoms with Crippen molar-refractivity contribution >= 4 is 17.6 Å². The van der Waals surface area contributed by atoms with E-state index in [9.17, 15) is 9.18 Å². The third-order valence-electron chi connectivity index (χ3n) is 3.52. The zero-order valence-electron chi connectivity index (χ0n) is 12.0. The number of carboxylic acid groups (broad SMARTS) is 1. The van der Waals surface area contributed by atoms with Crippen LogP contribution in [0.4, 0.5) is 4.39 Å². The number of aliphatic carboxylic acids is 1. The second kappa shape index (κ2) is 5.85. The van der Waals surface area contributed by atoms with Crippen molar-refractivity contribution in [3.63, 3.8) is 0 Å². The quantitative estimate of drug-likeness (QED) is 0.939. The number of hydrogen-bond donors (Lipinski definition) is 1. The Morgan fingerprint density at radius 2 is 2.14 bits per heavy atom. The van der Waals surface area contributed by atoms with Gasteiger partial charge in [0.1, 0.15) is 11.5 Å². The van der Waals surface area contributed by atoms with Gasteiger partial charge < -0.3 is 5.11 Å². The molecule has 1 aromatic heterocycles. The molecule has 0 bridgehead atoms. The van der Waals surface area contributed by atoms with Crippen LogP contribution in [-0.2, 0) is 11.2 Å². The highest BCUT2D eigenvalue weighted by Gasteiger charge is 2.21. The van der Waals surface area contributed by atoms with E-state index in [1.807, 2.05) is 0 Å². The molecule has 0 amide bonds. The summed E-state index contributed by atoms with van der Waals surface area (Å²) >= 11 is 6.06. The first-order valence-corrected chi connectivity index (χ1v) is 6.93. The molecular weight excluding hydrogens is 295 g/mol. The highest BCUT2D eigenvalue weighted by molar-refractivity contribution is 6.32. The average molecular weight is 311 g/mol. The molecule has 0 saturated heterocycles. The van der Waals surface area contributed by atoms with Crippen molar-refractivity contribution in [3.05, 3.63) is 46.0 Å². The van der Waals surface area contributed by atoms with Crippen molar-refractivity contribution in [1.82, 2.24) is 9.78 Å². The lowest BCUT2D eigenvalue weighted by atomic mass is 10.00. The molecule has 0 radical (unpaired) electrons. The number of aromatic nitrogens is 2. The maximum atomic E-state index is 14.0. The van der Waals surface area contributed by atoms with Crippen LogP contribution in [-0.4, -0.2) is 20.9 Å². The van der Waals surface area contributed by atoms with Crippen molar-refractivity contribution in [3.8, 4) is 5.69 Å². The van der Waals surface area contributed by atoms with Gasteiger partial charge in [0.05, 0.1) is 16.6 Å². The summed E-state index contributed by atoms with van der Waals surface area (Å²) in [7, 11) is 0. The summed E-state index contributed by atoms with van der Waals surface area (Å²) in [4.78, 5) is 11.0. The molecule has 2 rings (SSSR count). The summed E-state index contributed by atoms with van der Waals surface area (Å²) in [5.41, 5.74) is 2.38. The zero-order chi connectivity index (χ0) is 15.7. The lowest BCUT2D eigenvalue weighted by Crippen LogP contribution is -2.13. The summed E-state index contributed by atoms with van der Waals surface area (Å²) in [6.07, 6.45) is 0.346. The standard InChI is InChI=1S/C15H16ClFN2O2/c1-8(15(20)21)7-11-9(2)18-19(10(11)3)14-12(16)5-4-6-13(14)17/h4-6,8H,7H2,1-3H3,(H,20,21). The molecule has 1 unspecified atom stereocenters. The largest absolute Gasteiger partial charge is 0.481 e. The number of halogens is 2. The van der Waals surface area contributed by atoms with Crippen LogP contribution in [0.1, 0.15) is 23.9 Å². The molecular formula is C15H16ClFN2O2. The van der Waals surface area contributed by atoms with E-state index in [4.69, 9.17) is 16.7 Å². The molecule has 4 nitrogen and oxygen atoms in total. The van der Waals surface area contributed by atoms with E-state index in [1.165, 1.54) is 16.8 Å². The van der Waals surface area contributed by atoms with Gasteiger partial charge in [-0.2, -0.15) is 5.10 Å². The van der Waals surface area contributed by atoms with Crippen molar-refractivity contribution in [2.75, 3.05) is 0 Å². The van der Waals surface area contributed by atoms with Gasteiger partial charge in [-0.25, -0.2) is 9.07 Å². The van der Waals surface area contributed by atoms with E-state index >= 15 is 0 Å². The minimum Gasteiger partial charge on any atom is -0.481 e. The number of carbonyl (C=O) groups is 1. The van der Waals surface area contributed by atoms with Gasteiger partial charge in [-0.3, -0.25) is 4.79 Å². The maximum Gasteiger partial charge on any atom is 0.306 e. The molecule has 0 aliphatic rings. The minimum atomic E-state index is -0.870. The summed E-state index contributed by atoms with van der Waals surface area (Å²) in [6, 6.07) is 4.44. The lowest BCUT2D eigenvalue weighted by Gasteiger charge is -2.09. The highest BCUT2D eigenvalue weighted by atomic mass is 35.5. The normalized spacial score (nSPS) is 12.4. The van der Waals surface area contributed by atoms with Crippen LogP contribution in [0.3, 0.4) is 0 Å². The summed E-state index contributed by atoms with van der Waals surface area (Å²) in [6.45, 7) is 5.20. The summed E-state index contributed by atoms with van der Waals surface area (Å²) < 4.78 is 15.4. The van der Waals surface area contributed by atoms with Crippen LogP contribution in [0, 0.1) is 25.6 Å². The smallest absolute Gasteiger partial charge is 0.306 e. The molecule has 112 valence electrons. The van der Waals surface area contributed by atoms with Crippen molar-refractivity contribution < 1.29 is 14.3 Å². The van der Waals surface area contributed by atoms with Crippen LogP contribution < -0.4 is 0 Å². The first kappa shape index (κ1) is 15.5. The van der Waals surface area contributed by atoms with E-state index in [-0.39, 0.29) is 10.7 Å². The first-order chi connectivity index (χ1) is 9.82. The van der Waals surface area contributed by atoms with Crippen LogP contribution in [0.25, 0.3) is 5.69 Å². The minimum absolute atomic E-state index is 0.189. The second-order valence-electron chi connectivity index (χ2n) is 5.07. The number of aryl methyl sites for hydroxylation is 1. The second-order valence-corrected chi connectivity index (χ2v) is 5.48. The molecule has 0 saturated carbocycles. The molecule has 1 N–H and O–H groups in total. The van der Waals surface area contributed by atoms with E-state index in [1.54, 1.807) is 26.8 Å². The van der Waals surface area contributed by atoms with Crippen LogP contribution in [0.15, 0.2) is 18.2 Å². The number of benzene rings is 1. The van der Waals surface area contributed by atoms with Crippen molar-refractivity contribution in [2.24, 2.45) is 5.92 Å². The lowest BCUT2D eigenvalue weighted by molar-refractivity contribution is -0.141. The molecule has 0 aliphatic heterocycles. The molecule has 1 heterocycles. The number of para-hydroxylation sites is 1. The zero-order valence-corrected chi connectivity index (χ0v) is 12.8. The molecule has 0 fully saturated rings. The monoisotopic (exact) mass is 310 g/mol. The first-order valence-electron chi connectivity index (χ1n) is 6.55. The average Bonchev–Trinajstić information content (AvgIpc) is 2.66. The van der Waals surface area contributed by atoms with Gasteiger partial charge in [-0.05, 0) is 38.0 Å². The fourth-order valence-electron chi connectivity index (χ4n) is 2.27. The number of carboxylic acids is 1. The van der Waals surface area contributed by atoms with Crippen LogP contribution in [0.5, 0.6) is 0 Å². The van der Waals surface area contributed by atoms with Crippen molar-refractivity contribution in [1.29, 1.82) is 0 Å². The van der Waals surface area contributed by atoms with E-state index in [0.717, 1.165) is 5.56 Å². The van der Waals surface area contributed by atoms with Crippen LogP contribution in [0.2, 0.25) is 5.02 Å². The molecule has 1 atom stereocenters. The third kappa shape index (κ3) is 2.93. The van der Waals surface area contributed by atoms with E-state index < -0.39 is 17.7 Å². The summed E-state index contributed by atoms with van der Waals surface area (Å²) in [5, 5.41) is 13.6. The van der Waals surface area contributed by atoms with Crippen LogP contribution >= 0.6 is 11.6 Å². The number of hydrogen-bond acceptors (Lipinski definition) is 2. The van der Waals surface area contributed by atoms with Gasteiger partial charge in [0.25, 0.3) is 0 Å². The Balaban J connectivity index is 2.51. The molecule has 2 aromatic rings. The molecule has 0 spiro atoms. The van der Waals surface area contributed by atoms with E-state index in [2.05, 4.69) is 5.10 Å². The Kier molecular flexibility index (Phi) is 4.32. The Hall–Kier alpha value is -1.88. The molecule has 6 heteroatoms. The SMILES string of the molecule is Cc1nn(-c2c(F)cccc2Cl)c(C)c1CC(C)C(=O)O. The summed E-state index contributed by atoms with van der Waals surface area (Å²) in [5.74, 6) is -1.87. The van der Waals surface area contributed by atoms with Gasteiger partial charge >= 0.3 is 5.97 Å². The van der Waals surface area contributed by atoms with Gasteiger partial charge in [-0.15, -0.1) is 0 Å². The van der Waals surface area contributed by atoms with Gasteiger partial charge in [0.15, 0.2) is 0 Å². The maximum absolute atomic E-state index is 14.0. The third-order valence-corrected chi connectivity index (χ3v) is 3.83.